The molecule has 25 heavy (non-hydrogen) atoms. The number of nitrogens with zero attached hydrogens (tertiary/aromatic N) is 3. The van der Waals surface area contributed by atoms with Crippen molar-refractivity contribution in [1.82, 2.24) is 9.47 Å². The van der Waals surface area contributed by atoms with Crippen molar-refractivity contribution in [3.8, 4) is 5.69 Å². The zero-order valence-corrected chi connectivity index (χ0v) is 14.1. The summed E-state index contributed by atoms with van der Waals surface area (Å²) in [6, 6.07) is 4.22. The Morgan fingerprint density at radius 3 is 2.76 bits per heavy atom. The standard InChI is InChI=1S/C16H15F4N3OS/c1-10-8-23(13-4-2-3-11(7-13)16(18,19)20)15(25-10)21-14(24)22-6-5-12(17)9-22/h2-4,7-8,12H,5-6,9H2,1H3/b21-15-/t12-/m1/s1. The number of likely N-dealkylation sites (tertiary alicyclic amines) is 1. The Morgan fingerprint density at radius 1 is 1.36 bits per heavy atom. The lowest BCUT2D eigenvalue weighted by Gasteiger charge is -2.11. The van der Waals surface area contributed by atoms with E-state index < -0.39 is 23.9 Å². The molecule has 3 rings (SSSR count). The van der Waals surface area contributed by atoms with E-state index in [0.29, 0.717) is 0 Å². The topological polar surface area (TPSA) is 37.6 Å². The summed E-state index contributed by atoms with van der Waals surface area (Å²) < 4.78 is 53.4. The van der Waals surface area contributed by atoms with Crippen LogP contribution in [0.15, 0.2) is 35.5 Å². The van der Waals surface area contributed by atoms with E-state index in [1.54, 1.807) is 13.1 Å². The molecule has 1 aliphatic rings. The van der Waals surface area contributed by atoms with Crippen LogP contribution in [0.25, 0.3) is 5.69 Å². The number of aromatic nitrogens is 1. The minimum atomic E-state index is -4.46. The SMILES string of the molecule is Cc1cn(-c2cccc(C(F)(F)F)c2)/c(=N/C(=O)N2CC[C@@H](F)C2)s1. The van der Waals surface area contributed by atoms with Crippen LogP contribution in [0.1, 0.15) is 16.9 Å². The largest absolute Gasteiger partial charge is 0.416 e. The molecule has 0 spiro atoms. The molecule has 2 aromatic rings. The maximum atomic E-state index is 13.2. The van der Waals surface area contributed by atoms with Crippen molar-refractivity contribution in [2.24, 2.45) is 4.99 Å². The second kappa shape index (κ2) is 6.62. The molecule has 0 bridgehead atoms. The number of thiazole rings is 1. The predicted molar refractivity (Wildman–Crippen MR) is 85.4 cm³/mol. The van der Waals surface area contributed by atoms with Crippen LogP contribution in [0.5, 0.6) is 0 Å². The number of carbonyl (C=O) groups is 1. The van der Waals surface area contributed by atoms with Gasteiger partial charge in [0.05, 0.1) is 12.1 Å². The number of benzene rings is 1. The number of rotatable bonds is 1. The zero-order chi connectivity index (χ0) is 18.2. The lowest BCUT2D eigenvalue weighted by molar-refractivity contribution is -0.137. The van der Waals surface area contributed by atoms with Gasteiger partial charge in [-0.15, -0.1) is 11.3 Å². The Morgan fingerprint density at radius 2 is 2.12 bits per heavy atom. The maximum Gasteiger partial charge on any atom is 0.416 e. The van der Waals surface area contributed by atoms with Crippen LogP contribution in [0, 0.1) is 6.92 Å². The van der Waals surface area contributed by atoms with Crippen molar-refractivity contribution in [2.45, 2.75) is 25.7 Å². The van der Waals surface area contributed by atoms with Gasteiger partial charge in [-0.25, -0.2) is 9.18 Å². The van der Waals surface area contributed by atoms with Crippen molar-refractivity contribution in [2.75, 3.05) is 13.1 Å². The number of carbonyl (C=O) groups excluding carboxylic acids is 1. The maximum absolute atomic E-state index is 13.2. The van der Waals surface area contributed by atoms with Crippen LogP contribution in [0.3, 0.4) is 0 Å². The van der Waals surface area contributed by atoms with Crippen molar-refractivity contribution < 1.29 is 22.4 Å². The molecule has 134 valence electrons. The molecule has 2 amide bonds. The normalized spacial score (nSPS) is 18.8. The minimum Gasteiger partial charge on any atom is -0.320 e. The monoisotopic (exact) mass is 373 g/mol. The van der Waals surface area contributed by atoms with Gasteiger partial charge >= 0.3 is 12.2 Å². The van der Waals surface area contributed by atoms with Crippen LogP contribution in [-0.2, 0) is 6.18 Å². The van der Waals surface area contributed by atoms with E-state index in [1.165, 1.54) is 32.9 Å². The van der Waals surface area contributed by atoms with Crippen LogP contribution >= 0.6 is 11.3 Å². The summed E-state index contributed by atoms with van der Waals surface area (Å²) in [5, 5.41) is 0. The number of amides is 2. The first-order valence-electron chi connectivity index (χ1n) is 7.58. The molecule has 4 nitrogen and oxygen atoms in total. The quantitative estimate of drug-likeness (QED) is 0.698. The fourth-order valence-electron chi connectivity index (χ4n) is 2.59. The summed E-state index contributed by atoms with van der Waals surface area (Å²) in [6.07, 6.45) is -3.62. The average Bonchev–Trinajstić information content (AvgIpc) is 3.12. The highest BCUT2D eigenvalue weighted by Gasteiger charge is 2.30. The molecule has 1 fully saturated rings. The third kappa shape index (κ3) is 3.92. The summed E-state index contributed by atoms with van der Waals surface area (Å²) in [6.45, 7) is 2.05. The van der Waals surface area contributed by atoms with Gasteiger partial charge < -0.3 is 4.90 Å². The first-order chi connectivity index (χ1) is 11.7. The second-order valence-corrected chi connectivity index (χ2v) is 6.98. The van der Waals surface area contributed by atoms with Gasteiger partial charge in [0.15, 0.2) is 4.80 Å². The molecule has 0 N–H and O–H groups in total. The molecule has 1 aromatic carbocycles. The highest BCUT2D eigenvalue weighted by Crippen LogP contribution is 2.30. The molecule has 2 heterocycles. The van der Waals surface area contributed by atoms with Gasteiger partial charge in [-0.2, -0.15) is 18.2 Å². The molecule has 9 heteroatoms. The Kier molecular flexibility index (Phi) is 4.68. The lowest BCUT2D eigenvalue weighted by atomic mass is 10.2. The molecular weight excluding hydrogens is 358 g/mol. The van der Waals surface area contributed by atoms with E-state index in [2.05, 4.69) is 4.99 Å². The number of alkyl halides is 4. The third-order valence-electron chi connectivity index (χ3n) is 3.81. The molecule has 0 saturated carbocycles. The van der Waals surface area contributed by atoms with Gasteiger partial charge in [0.2, 0.25) is 0 Å². The predicted octanol–water partition coefficient (Wildman–Crippen LogP) is 3.93. The van der Waals surface area contributed by atoms with Crippen molar-refractivity contribution in [3.05, 3.63) is 45.7 Å². The number of hydrogen-bond acceptors (Lipinski definition) is 2. The van der Waals surface area contributed by atoms with Gasteiger partial charge in [-0.1, -0.05) is 6.07 Å². The number of hydrogen-bond donors (Lipinski definition) is 0. The zero-order valence-electron chi connectivity index (χ0n) is 13.3. The molecule has 1 saturated heterocycles. The Labute approximate surface area is 145 Å². The molecule has 0 unspecified atom stereocenters. The van der Waals surface area contributed by atoms with E-state index >= 15 is 0 Å². The summed E-state index contributed by atoms with van der Waals surface area (Å²) in [4.78, 5) is 18.5. The van der Waals surface area contributed by atoms with E-state index in [9.17, 15) is 22.4 Å². The molecule has 1 atom stereocenters. The van der Waals surface area contributed by atoms with Gasteiger partial charge in [0.1, 0.15) is 6.17 Å². The number of aryl methyl sites for hydroxylation is 1. The highest BCUT2D eigenvalue weighted by molar-refractivity contribution is 7.09. The summed E-state index contributed by atoms with van der Waals surface area (Å²) >= 11 is 1.18. The second-order valence-electron chi connectivity index (χ2n) is 5.77. The van der Waals surface area contributed by atoms with E-state index in [4.69, 9.17) is 0 Å². The van der Waals surface area contributed by atoms with Crippen LogP contribution in [0.2, 0.25) is 0 Å². The first-order valence-corrected chi connectivity index (χ1v) is 8.40. The van der Waals surface area contributed by atoms with Crippen molar-refractivity contribution >= 4 is 17.4 Å². The van der Waals surface area contributed by atoms with Crippen LogP contribution in [0.4, 0.5) is 22.4 Å². The Bertz CT molecular complexity index is 856. The fourth-order valence-corrected chi connectivity index (χ4v) is 3.42. The van der Waals surface area contributed by atoms with E-state index in [1.807, 2.05) is 0 Å². The summed E-state index contributed by atoms with van der Waals surface area (Å²) in [5.41, 5.74) is -0.519. The first kappa shape index (κ1) is 17.7. The number of halogens is 4. The van der Waals surface area contributed by atoms with Crippen LogP contribution < -0.4 is 4.80 Å². The van der Waals surface area contributed by atoms with E-state index in [0.717, 1.165) is 17.0 Å². The fraction of sp³-hybridized carbons (Fsp3) is 0.375. The molecule has 0 radical (unpaired) electrons. The lowest BCUT2D eigenvalue weighted by Crippen LogP contribution is -2.28. The van der Waals surface area contributed by atoms with E-state index in [-0.39, 0.29) is 30.0 Å². The molecular formula is C16H15F4N3OS. The highest BCUT2D eigenvalue weighted by atomic mass is 32.1. The van der Waals surface area contributed by atoms with Crippen LogP contribution in [-0.4, -0.2) is 34.8 Å². The summed E-state index contributed by atoms with van der Waals surface area (Å²) in [7, 11) is 0. The smallest absolute Gasteiger partial charge is 0.320 e. The Hall–Kier alpha value is -2.16. The molecule has 0 aliphatic carbocycles. The average molecular weight is 373 g/mol. The van der Waals surface area contributed by atoms with Gasteiger partial charge in [-0.05, 0) is 31.5 Å². The third-order valence-corrected chi connectivity index (χ3v) is 4.71. The van der Waals surface area contributed by atoms with Gasteiger partial charge in [0, 0.05) is 23.3 Å². The Balaban J connectivity index is 1.99. The minimum absolute atomic E-state index is 0.00372. The summed E-state index contributed by atoms with van der Waals surface area (Å²) in [5.74, 6) is 0. The van der Waals surface area contributed by atoms with Gasteiger partial charge in [-0.3, -0.25) is 4.57 Å². The molecule has 1 aromatic heterocycles. The van der Waals surface area contributed by atoms with Crippen molar-refractivity contribution in [3.63, 3.8) is 0 Å². The van der Waals surface area contributed by atoms with Crippen molar-refractivity contribution in [1.29, 1.82) is 0 Å². The van der Waals surface area contributed by atoms with Gasteiger partial charge in [0.25, 0.3) is 0 Å². The molecule has 1 aliphatic heterocycles. The number of urea groups is 1.